The minimum atomic E-state index is -0.327. The first-order valence-electron chi connectivity index (χ1n) is 10.7. The van der Waals surface area contributed by atoms with Crippen molar-refractivity contribution in [1.82, 2.24) is 24.1 Å². The molecule has 2 aliphatic rings. The van der Waals surface area contributed by atoms with Crippen LogP contribution in [0.25, 0.3) is 0 Å². The summed E-state index contributed by atoms with van der Waals surface area (Å²) in [7, 11) is 0. The number of ether oxygens (including phenoxy) is 1. The van der Waals surface area contributed by atoms with Gasteiger partial charge in [0.2, 0.25) is 5.91 Å². The normalized spacial score (nSPS) is 20.5. The summed E-state index contributed by atoms with van der Waals surface area (Å²) in [6, 6.07) is 4.06. The van der Waals surface area contributed by atoms with Crippen LogP contribution in [-0.4, -0.2) is 68.9 Å². The quantitative estimate of drug-likeness (QED) is 0.551. The number of hydrogen-bond acceptors (Lipinski definition) is 7. The third-order valence-electron chi connectivity index (χ3n) is 5.81. The summed E-state index contributed by atoms with van der Waals surface area (Å²) in [5.74, 6) is 0.486. The zero-order valence-corrected chi connectivity index (χ0v) is 19.9. The Balaban J connectivity index is 1.38. The van der Waals surface area contributed by atoms with E-state index in [9.17, 15) is 4.79 Å². The second kappa shape index (κ2) is 10.5. The Hall–Kier alpha value is -1.30. The first-order chi connectivity index (χ1) is 15.0. The number of amides is 1. The molecule has 1 unspecified atom stereocenters. The van der Waals surface area contributed by atoms with E-state index in [-0.39, 0.29) is 18.4 Å². The van der Waals surface area contributed by atoms with Crippen molar-refractivity contribution < 1.29 is 9.53 Å². The molecular formula is C20H29ClN6O2S2. The molecule has 2 saturated heterocycles. The molecule has 31 heavy (non-hydrogen) atoms. The smallest absolute Gasteiger partial charge is 0.217 e. The van der Waals surface area contributed by atoms with Crippen molar-refractivity contribution in [3.63, 3.8) is 0 Å². The van der Waals surface area contributed by atoms with E-state index in [1.807, 2.05) is 15.3 Å². The predicted molar refractivity (Wildman–Crippen MR) is 124 cm³/mol. The van der Waals surface area contributed by atoms with E-state index in [0.717, 1.165) is 62.3 Å². The Labute approximate surface area is 196 Å². The van der Waals surface area contributed by atoms with Crippen LogP contribution in [0.2, 0.25) is 4.34 Å². The van der Waals surface area contributed by atoms with E-state index in [0.29, 0.717) is 24.4 Å². The summed E-state index contributed by atoms with van der Waals surface area (Å²) >= 11 is 13.4. The van der Waals surface area contributed by atoms with E-state index in [1.165, 1.54) is 4.88 Å². The van der Waals surface area contributed by atoms with Crippen molar-refractivity contribution >= 4 is 41.1 Å². The average Bonchev–Trinajstić information content (AvgIpc) is 3.46. The standard InChI is InChI=1S/C20H29ClN6O2S2/c21-17-4-3-16(31-17)13-24-7-9-25(10-8-24)14-27-20(30)26(12-15-2-1-11-29-15)19(23-27)6-5-18(22)28/h3-4,15H,1-2,5-14H2,(H2,22,28). The van der Waals surface area contributed by atoms with Crippen LogP contribution in [0, 0.1) is 4.77 Å². The Kier molecular flexibility index (Phi) is 7.78. The van der Waals surface area contributed by atoms with Gasteiger partial charge in [0.15, 0.2) is 4.77 Å². The number of carbonyl (C=O) groups is 1. The molecule has 2 N–H and O–H groups in total. The molecule has 2 aliphatic heterocycles. The lowest BCUT2D eigenvalue weighted by Gasteiger charge is -2.34. The van der Waals surface area contributed by atoms with Crippen molar-refractivity contribution in [1.29, 1.82) is 0 Å². The number of rotatable bonds is 9. The molecular weight excluding hydrogens is 456 g/mol. The molecule has 0 aromatic carbocycles. The maximum atomic E-state index is 11.3. The number of aromatic nitrogens is 3. The number of piperazine rings is 1. The lowest BCUT2D eigenvalue weighted by Crippen LogP contribution is -2.46. The number of nitrogens with two attached hydrogens (primary N) is 1. The lowest BCUT2D eigenvalue weighted by atomic mass is 10.2. The summed E-state index contributed by atoms with van der Waals surface area (Å²) < 4.78 is 11.2. The fourth-order valence-electron chi connectivity index (χ4n) is 4.11. The molecule has 170 valence electrons. The predicted octanol–water partition coefficient (Wildman–Crippen LogP) is 2.50. The zero-order valence-electron chi connectivity index (χ0n) is 17.5. The van der Waals surface area contributed by atoms with Gasteiger partial charge >= 0.3 is 0 Å². The SMILES string of the molecule is NC(=O)CCc1nn(CN2CCN(Cc3ccc(Cl)s3)CC2)c(=S)n1CC1CCCO1. The number of aryl methyl sites for hydroxylation is 1. The van der Waals surface area contributed by atoms with Gasteiger partial charge < -0.3 is 15.0 Å². The van der Waals surface area contributed by atoms with Crippen LogP contribution in [0.3, 0.4) is 0 Å². The molecule has 0 radical (unpaired) electrons. The maximum Gasteiger partial charge on any atom is 0.217 e. The molecule has 4 rings (SSSR count). The van der Waals surface area contributed by atoms with Gasteiger partial charge in [0, 0.05) is 57.0 Å². The Morgan fingerprint density at radius 2 is 2.06 bits per heavy atom. The molecule has 2 aromatic heterocycles. The minimum absolute atomic E-state index is 0.158. The second-order valence-corrected chi connectivity index (χ2v) is 10.3. The molecule has 11 heteroatoms. The molecule has 0 bridgehead atoms. The maximum absolute atomic E-state index is 11.3. The number of halogens is 1. The van der Waals surface area contributed by atoms with Gasteiger partial charge in [-0.1, -0.05) is 11.6 Å². The van der Waals surface area contributed by atoms with Crippen LogP contribution in [0.1, 0.15) is 30.0 Å². The van der Waals surface area contributed by atoms with Crippen LogP contribution < -0.4 is 5.73 Å². The molecule has 0 spiro atoms. The Morgan fingerprint density at radius 1 is 1.29 bits per heavy atom. The van der Waals surface area contributed by atoms with Crippen LogP contribution >= 0.6 is 35.2 Å². The highest BCUT2D eigenvalue weighted by atomic mass is 35.5. The molecule has 0 saturated carbocycles. The first kappa shape index (κ1) is 22.9. The second-order valence-electron chi connectivity index (χ2n) is 8.15. The van der Waals surface area contributed by atoms with Crippen LogP contribution in [0.5, 0.6) is 0 Å². The number of hydrogen-bond donors (Lipinski definition) is 1. The van der Waals surface area contributed by atoms with Gasteiger partial charge in [-0.2, -0.15) is 5.10 Å². The van der Waals surface area contributed by atoms with Crippen molar-refractivity contribution in [3.05, 3.63) is 31.9 Å². The molecule has 1 amide bonds. The molecule has 1 atom stereocenters. The fourth-order valence-corrected chi connectivity index (χ4v) is 5.52. The number of carbonyl (C=O) groups excluding carboxylic acids is 1. The zero-order chi connectivity index (χ0) is 21.8. The average molecular weight is 485 g/mol. The molecule has 4 heterocycles. The first-order valence-corrected chi connectivity index (χ1v) is 12.3. The molecule has 0 aliphatic carbocycles. The number of nitrogens with zero attached hydrogens (tertiary/aromatic N) is 5. The molecule has 2 aromatic rings. The largest absolute Gasteiger partial charge is 0.376 e. The van der Waals surface area contributed by atoms with Gasteiger partial charge in [-0.25, -0.2) is 4.68 Å². The topological polar surface area (TPSA) is 81.5 Å². The van der Waals surface area contributed by atoms with E-state index < -0.39 is 0 Å². The number of primary amides is 1. The van der Waals surface area contributed by atoms with E-state index in [1.54, 1.807) is 11.3 Å². The molecule has 2 fully saturated rings. The van der Waals surface area contributed by atoms with Crippen LogP contribution in [0.4, 0.5) is 0 Å². The Bertz CT molecular complexity index is 944. The Morgan fingerprint density at radius 3 is 2.71 bits per heavy atom. The number of thiophene rings is 1. The van der Waals surface area contributed by atoms with Crippen LogP contribution in [0.15, 0.2) is 12.1 Å². The fraction of sp³-hybridized carbons (Fsp3) is 0.650. The van der Waals surface area contributed by atoms with Gasteiger partial charge in [-0.3, -0.25) is 14.6 Å². The van der Waals surface area contributed by atoms with Crippen LogP contribution in [-0.2, 0) is 35.7 Å². The third-order valence-corrected chi connectivity index (χ3v) is 7.46. The summed E-state index contributed by atoms with van der Waals surface area (Å²) in [5.41, 5.74) is 5.36. The minimum Gasteiger partial charge on any atom is -0.376 e. The highest BCUT2D eigenvalue weighted by molar-refractivity contribution is 7.71. The van der Waals surface area contributed by atoms with Crippen molar-refractivity contribution in [3.8, 4) is 0 Å². The highest BCUT2D eigenvalue weighted by Crippen LogP contribution is 2.23. The van der Waals surface area contributed by atoms with Gasteiger partial charge in [0.05, 0.1) is 23.7 Å². The van der Waals surface area contributed by atoms with E-state index in [2.05, 4.69) is 15.9 Å². The van der Waals surface area contributed by atoms with Crippen molar-refractivity contribution in [2.75, 3.05) is 32.8 Å². The van der Waals surface area contributed by atoms with Crippen molar-refractivity contribution in [2.24, 2.45) is 5.73 Å². The summed E-state index contributed by atoms with van der Waals surface area (Å²) in [4.78, 5) is 17.4. The molecule has 8 nitrogen and oxygen atoms in total. The lowest BCUT2D eigenvalue weighted by molar-refractivity contribution is -0.118. The van der Waals surface area contributed by atoms with Crippen molar-refractivity contribution in [2.45, 2.75) is 51.5 Å². The monoisotopic (exact) mass is 484 g/mol. The third kappa shape index (κ3) is 6.15. The highest BCUT2D eigenvalue weighted by Gasteiger charge is 2.22. The summed E-state index contributed by atoms with van der Waals surface area (Å²) in [6.07, 6.45) is 3.02. The van der Waals surface area contributed by atoms with Gasteiger partial charge in [0.1, 0.15) is 5.82 Å². The van der Waals surface area contributed by atoms with E-state index in [4.69, 9.17) is 39.4 Å². The van der Waals surface area contributed by atoms with Gasteiger partial charge in [0.25, 0.3) is 0 Å². The van der Waals surface area contributed by atoms with E-state index >= 15 is 0 Å². The summed E-state index contributed by atoms with van der Waals surface area (Å²) in [5, 5.41) is 4.75. The summed E-state index contributed by atoms with van der Waals surface area (Å²) in [6.45, 7) is 6.97. The van der Waals surface area contributed by atoms with Gasteiger partial charge in [-0.05, 0) is 37.2 Å². The van der Waals surface area contributed by atoms with Gasteiger partial charge in [-0.15, -0.1) is 11.3 Å².